The molecule has 30 heavy (non-hydrogen) atoms. The Labute approximate surface area is 183 Å². The molecule has 1 aromatic heterocycles. The summed E-state index contributed by atoms with van der Waals surface area (Å²) in [5.74, 6) is -0.707. The van der Waals surface area contributed by atoms with Gasteiger partial charge in [-0.3, -0.25) is 14.5 Å². The van der Waals surface area contributed by atoms with Crippen LogP contribution in [0.15, 0.2) is 72.8 Å². The highest BCUT2D eigenvalue weighted by atomic mass is 35.5. The van der Waals surface area contributed by atoms with Crippen molar-refractivity contribution in [1.82, 2.24) is 10.2 Å². The number of urea groups is 1. The molecule has 1 saturated heterocycles. The van der Waals surface area contributed by atoms with Crippen LogP contribution in [0.5, 0.6) is 0 Å². The Morgan fingerprint density at radius 1 is 0.900 bits per heavy atom. The fourth-order valence-electron chi connectivity index (χ4n) is 3.70. The molecule has 0 unspecified atom stereocenters. The number of hydrogen-bond donors (Lipinski definition) is 1. The number of carbonyl (C=O) groups is 3. The molecule has 5 nitrogen and oxygen atoms in total. The molecule has 4 rings (SSSR count). The van der Waals surface area contributed by atoms with E-state index in [0.717, 1.165) is 27.4 Å². The molecule has 3 aromatic rings. The second kappa shape index (κ2) is 8.42. The molecule has 0 spiro atoms. The van der Waals surface area contributed by atoms with Crippen molar-refractivity contribution in [2.24, 2.45) is 0 Å². The van der Waals surface area contributed by atoms with Gasteiger partial charge in [-0.1, -0.05) is 72.3 Å². The summed E-state index contributed by atoms with van der Waals surface area (Å²) in [5.41, 5.74) is 0.716. The Bertz CT molecular complexity index is 1040. The smallest absolute Gasteiger partial charge is 0.322 e. The molecule has 1 aliphatic heterocycles. The topological polar surface area (TPSA) is 66.5 Å². The van der Waals surface area contributed by atoms with Gasteiger partial charge in [0.2, 0.25) is 0 Å². The van der Waals surface area contributed by atoms with Crippen LogP contribution in [-0.4, -0.2) is 34.7 Å². The standard InChI is InChI=1S/C23H19ClN2O3S/c24-20-12-11-19(30-20)18(27)15-26-21(28)23(25-22(26)29,13-16-7-3-1-4-8-16)14-17-9-5-2-6-10-17/h1-12H,13-15H2,(H,25,29). The summed E-state index contributed by atoms with van der Waals surface area (Å²) >= 11 is 7.04. The number of Topliss-reactive ketones (excluding diaryl/α,β-unsaturated/α-hetero) is 1. The third-order valence-corrected chi connectivity index (χ3v) is 6.37. The van der Waals surface area contributed by atoms with Crippen LogP contribution in [0.1, 0.15) is 20.8 Å². The van der Waals surface area contributed by atoms with Crippen molar-refractivity contribution >= 4 is 40.7 Å². The lowest BCUT2D eigenvalue weighted by atomic mass is 9.84. The minimum absolute atomic E-state index is 0.313. The number of ketones is 1. The van der Waals surface area contributed by atoms with Gasteiger partial charge in [-0.25, -0.2) is 4.79 Å². The number of imide groups is 1. The molecule has 152 valence electrons. The first kappa shape index (κ1) is 20.3. The van der Waals surface area contributed by atoms with E-state index in [1.54, 1.807) is 12.1 Å². The number of rotatable bonds is 7. The molecule has 1 fully saturated rings. The van der Waals surface area contributed by atoms with E-state index in [1.807, 2.05) is 60.7 Å². The number of amides is 3. The average molecular weight is 439 g/mol. The van der Waals surface area contributed by atoms with Gasteiger partial charge in [0, 0.05) is 12.8 Å². The lowest BCUT2D eigenvalue weighted by Crippen LogP contribution is -2.51. The molecule has 2 heterocycles. The van der Waals surface area contributed by atoms with Crippen LogP contribution in [-0.2, 0) is 17.6 Å². The van der Waals surface area contributed by atoms with Crippen molar-refractivity contribution in [2.45, 2.75) is 18.4 Å². The van der Waals surface area contributed by atoms with Crippen LogP contribution in [0, 0.1) is 0 Å². The second-order valence-electron chi connectivity index (χ2n) is 7.26. The van der Waals surface area contributed by atoms with Gasteiger partial charge in [-0.05, 0) is 23.3 Å². The molecule has 0 atom stereocenters. The maximum atomic E-state index is 13.5. The van der Waals surface area contributed by atoms with Crippen molar-refractivity contribution in [1.29, 1.82) is 0 Å². The first-order chi connectivity index (χ1) is 14.5. The van der Waals surface area contributed by atoms with E-state index in [0.29, 0.717) is 22.1 Å². The van der Waals surface area contributed by atoms with Gasteiger partial charge < -0.3 is 5.32 Å². The first-order valence-corrected chi connectivity index (χ1v) is 10.7. The Balaban J connectivity index is 1.63. The summed E-state index contributed by atoms with van der Waals surface area (Å²) in [5, 5.41) is 2.89. The minimum Gasteiger partial charge on any atom is -0.322 e. The number of halogens is 1. The van der Waals surface area contributed by atoms with E-state index in [9.17, 15) is 14.4 Å². The Morgan fingerprint density at radius 3 is 1.97 bits per heavy atom. The SMILES string of the molecule is O=C(CN1C(=O)NC(Cc2ccccc2)(Cc2ccccc2)C1=O)c1ccc(Cl)s1. The van der Waals surface area contributed by atoms with Crippen molar-refractivity contribution in [3.05, 3.63) is 93.1 Å². The quantitative estimate of drug-likeness (QED) is 0.440. The number of nitrogens with one attached hydrogen (secondary N) is 1. The summed E-state index contributed by atoms with van der Waals surface area (Å²) < 4.78 is 0.484. The van der Waals surface area contributed by atoms with E-state index >= 15 is 0 Å². The molecule has 2 aromatic carbocycles. The van der Waals surface area contributed by atoms with Crippen LogP contribution < -0.4 is 5.32 Å². The minimum atomic E-state index is -1.15. The number of nitrogens with zero attached hydrogens (tertiary/aromatic N) is 1. The van der Waals surface area contributed by atoms with Gasteiger partial charge in [0.1, 0.15) is 5.54 Å². The maximum absolute atomic E-state index is 13.5. The van der Waals surface area contributed by atoms with E-state index in [-0.39, 0.29) is 12.3 Å². The molecule has 1 aliphatic rings. The number of benzene rings is 2. The number of carbonyl (C=O) groups excluding carboxylic acids is 3. The second-order valence-corrected chi connectivity index (χ2v) is 8.97. The van der Waals surface area contributed by atoms with E-state index in [4.69, 9.17) is 11.6 Å². The van der Waals surface area contributed by atoms with Gasteiger partial charge in [0.05, 0.1) is 15.8 Å². The maximum Gasteiger partial charge on any atom is 0.325 e. The number of hydrogen-bond acceptors (Lipinski definition) is 4. The first-order valence-electron chi connectivity index (χ1n) is 9.47. The zero-order valence-corrected chi connectivity index (χ0v) is 17.6. The van der Waals surface area contributed by atoms with Gasteiger partial charge in [0.15, 0.2) is 5.78 Å². The molecule has 0 aliphatic carbocycles. The molecular weight excluding hydrogens is 420 g/mol. The van der Waals surface area contributed by atoms with Crippen molar-refractivity contribution in [2.75, 3.05) is 6.54 Å². The molecule has 3 amide bonds. The van der Waals surface area contributed by atoms with Crippen molar-refractivity contribution < 1.29 is 14.4 Å². The molecule has 7 heteroatoms. The largest absolute Gasteiger partial charge is 0.325 e. The summed E-state index contributed by atoms with van der Waals surface area (Å²) in [6, 6.07) is 21.8. The van der Waals surface area contributed by atoms with Crippen molar-refractivity contribution in [3.8, 4) is 0 Å². The highest BCUT2D eigenvalue weighted by Gasteiger charge is 2.51. The highest BCUT2D eigenvalue weighted by Crippen LogP contribution is 2.28. The predicted octanol–water partition coefficient (Wildman–Crippen LogP) is 4.36. The fraction of sp³-hybridized carbons (Fsp3) is 0.174. The summed E-state index contributed by atoms with van der Waals surface area (Å²) in [6.07, 6.45) is 0.672. The van der Waals surface area contributed by atoms with Crippen molar-refractivity contribution in [3.63, 3.8) is 0 Å². The monoisotopic (exact) mass is 438 g/mol. The zero-order chi connectivity index (χ0) is 21.1. The van der Waals surface area contributed by atoms with Crippen LogP contribution in [0.2, 0.25) is 4.34 Å². The third kappa shape index (κ3) is 4.15. The van der Waals surface area contributed by atoms with Crippen LogP contribution in [0.25, 0.3) is 0 Å². The molecule has 0 radical (unpaired) electrons. The molecular formula is C23H19ClN2O3S. The van der Waals surface area contributed by atoms with Gasteiger partial charge in [-0.15, -0.1) is 11.3 Å². The molecule has 1 N–H and O–H groups in total. The van der Waals surface area contributed by atoms with E-state index in [2.05, 4.69) is 5.32 Å². The third-order valence-electron chi connectivity index (χ3n) is 5.09. The zero-order valence-electron chi connectivity index (χ0n) is 16.0. The predicted molar refractivity (Wildman–Crippen MR) is 117 cm³/mol. The van der Waals surface area contributed by atoms with E-state index in [1.165, 1.54) is 0 Å². The summed E-state index contributed by atoms with van der Waals surface area (Å²) in [6.45, 7) is -0.313. The Kier molecular flexibility index (Phi) is 5.70. The Morgan fingerprint density at radius 2 is 1.47 bits per heavy atom. The van der Waals surface area contributed by atoms with Gasteiger partial charge in [-0.2, -0.15) is 0 Å². The van der Waals surface area contributed by atoms with Crippen LogP contribution in [0.3, 0.4) is 0 Å². The fourth-order valence-corrected chi connectivity index (χ4v) is 4.67. The lowest BCUT2D eigenvalue weighted by molar-refractivity contribution is -0.131. The van der Waals surface area contributed by atoms with E-state index < -0.39 is 17.5 Å². The summed E-state index contributed by atoms with van der Waals surface area (Å²) in [4.78, 5) is 40.3. The molecule has 0 bridgehead atoms. The van der Waals surface area contributed by atoms with Crippen LogP contribution in [0.4, 0.5) is 4.79 Å². The average Bonchev–Trinajstić information content (AvgIpc) is 3.27. The van der Waals surface area contributed by atoms with Gasteiger partial charge in [0.25, 0.3) is 5.91 Å². The summed E-state index contributed by atoms with van der Waals surface area (Å²) in [7, 11) is 0. The van der Waals surface area contributed by atoms with Crippen LogP contribution >= 0.6 is 22.9 Å². The normalized spacial score (nSPS) is 15.3. The highest BCUT2D eigenvalue weighted by molar-refractivity contribution is 7.18. The van der Waals surface area contributed by atoms with Gasteiger partial charge >= 0.3 is 6.03 Å². The lowest BCUT2D eigenvalue weighted by Gasteiger charge is -2.27. The Hall–Kier alpha value is -2.96. The number of thiophene rings is 1. The molecule has 0 saturated carbocycles.